The van der Waals surface area contributed by atoms with Gasteiger partial charge in [-0.3, -0.25) is 4.79 Å². The van der Waals surface area contributed by atoms with E-state index in [9.17, 15) is 4.79 Å². The van der Waals surface area contributed by atoms with Crippen molar-refractivity contribution in [3.05, 3.63) is 0 Å². The monoisotopic (exact) mass is 173 g/mol. The Morgan fingerprint density at radius 3 is 2.58 bits per heavy atom. The zero-order valence-electron chi connectivity index (χ0n) is 7.84. The smallest absolute Gasteiger partial charge is 0.132 e. The summed E-state index contributed by atoms with van der Waals surface area (Å²) in [5.41, 5.74) is 0. The van der Waals surface area contributed by atoms with Crippen LogP contribution in [0.3, 0.4) is 0 Å². The van der Waals surface area contributed by atoms with E-state index >= 15 is 0 Å². The molecule has 0 aliphatic rings. The second-order valence-electron chi connectivity index (χ2n) is 2.97. The summed E-state index contributed by atoms with van der Waals surface area (Å²) in [6.45, 7) is 2.63. The van der Waals surface area contributed by atoms with Crippen molar-refractivity contribution in [2.24, 2.45) is 5.90 Å². The molecule has 0 aliphatic heterocycles. The number of ketones is 1. The van der Waals surface area contributed by atoms with Gasteiger partial charge in [0.2, 0.25) is 0 Å². The van der Waals surface area contributed by atoms with E-state index in [0.29, 0.717) is 12.4 Å². The predicted octanol–water partition coefficient (Wildman–Crippen LogP) is 1.81. The fourth-order valence-corrected chi connectivity index (χ4v) is 1.09. The van der Waals surface area contributed by atoms with Crippen molar-refractivity contribution in [1.29, 1.82) is 0 Å². The Hall–Kier alpha value is -0.410. The molecule has 0 saturated carbocycles. The molecule has 0 aromatic carbocycles. The maximum absolute atomic E-state index is 11.0. The number of hydrogen-bond donors (Lipinski definition) is 1. The molecule has 0 aromatic rings. The van der Waals surface area contributed by atoms with Crippen LogP contribution >= 0.6 is 0 Å². The van der Waals surface area contributed by atoms with Crippen molar-refractivity contribution in [2.75, 3.05) is 6.61 Å². The summed E-state index contributed by atoms with van der Waals surface area (Å²) in [6, 6.07) is 0. The third-order valence-electron chi connectivity index (χ3n) is 1.75. The molecule has 0 rings (SSSR count). The van der Waals surface area contributed by atoms with Gasteiger partial charge in [-0.1, -0.05) is 13.3 Å². The minimum atomic E-state index is 0.381. The quantitative estimate of drug-likeness (QED) is 0.450. The highest BCUT2D eigenvalue weighted by Gasteiger charge is 1.98. The molecular weight excluding hydrogens is 154 g/mol. The lowest BCUT2D eigenvalue weighted by Crippen LogP contribution is -2.01. The first kappa shape index (κ1) is 11.6. The molecule has 3 heteroatoms. The van der Waals surface area contributed by atoms with Gasteiger partial charge in [0.25, 0.3) is 0 Å². The van der Waals surface area contributed by atoms with Crippen LogP contribution in [0, 0.1) is 0 Å². The number of rotatable bonds is 8. The third kappa shape index (κ3) is 7.69. The van der Waals surface area contributed by atoms with Crippen LogP contribution in [0.1, 0.15) is 45.4 Å². The SMILES string of the molecule is CCCC(=O)CCCCCON. The van der Waals surface area contributed by atoms with E-state index in [2.05, 4.69) is 4.84 Å². The molecule has 12 heavy (non-hydrogen) atoms. The third-order valence-corrected chi connectivity index (χ3v) is 1.75. The Bertz CT molecular complexity index is 115. The summed E-state index contributed by atoms with van der Waals surface area (Å²) in [5.74, 6) is 5.23. The highest BCUT2D eigenvalue weighted by atomic mass is 16.6. The Morgan fingerprint density at radius 1 is 1.25 bits per heavy atom. The molecule has 0 atom stereocenters. The van der Waals surface area contributed by atoms with Gasteiger partial charge in [-0.25, -0.2) is 5.90 Å². The lowest BCUT2D eigenvalue weighted by molar-refractivity contribution is -0.119. The van der Waals surface area contributed by atoms with Gasteiger partial charge in [-0.05, 0) is 19.3 Å². The summed E-state index contributed by atoms with van der Waals surface area (Å²) in [5, 5.41) is 0. The van der Waals surface area contributed by atoms with Crippen LogP contribution in [0.4, 0.5) is 0 Å². The standard InChI is InChI=1S/C9H19NO2/c1-2-6-9(11)7-4-3-5-8-12-10/h2-8,10H2,1H3. The van der Waals surface area contributed by atoms with Crippen LogP contribution in [0.5, 0.6) is 0 Å². The first-order valence-corrected chi connectivity index (χ1v) is 4.64. The molecule has 0 spiro atoms. The molecule has 0 saturated heterocycles. The number of carbonyl (C=O) groups excluding carboxylic acids is 1. The molecule has 0 heterocycles. The van der Waals surface area contributed by atoms with E-state index in [4.69, 9.17) is 5.90 Å². The Labute approximate surface area is 74.2 Å². The number of hydrogen-bond acceptors (Lipinski definition) is 3. The van der Waals surface area contributed by atoms with Crippen LogP contribution in [-0.2, 0) is 9.63 Å². The summed E-state index contributed by atoms with van der Waals surface area (Å²) >= 11 is 0. The maximum atomic E-state index is 11.0. The van der Waals surface area contributed by atoms with Gasteiger partial charge in [0.15, 0.2) is 0 Å². The first-order valence-electron chi connectivity index (χ1n) is 4.64. The van der Waals surface area contributed by atoms with E-state index in [-0.39, 0.29) is 0 Å². The van der Waals surface area contributed by atoms with E-state index in [1.165, 1.54) is 0 Å². The zero-order chi connectivity index (χ0) is 9.23. The lowest BCUT2D eigenvalue weighted by Gasteiger charge is -1.99. The lowest BCUT2D eigenvalue weighted by atomic mass is 10.1. The number of nitrogens with two attached hydrogens (primary N) is 1. The molecule has 2 N–H and O–H groups in total. The summed E-state index contributed by atoms with van der Waals surface area (Å²) < 4.78 is 0. The van der Waals surface area contributed by atoms with Crippen molar-refractivity contribution >= 4 is 5.78 Å². The minimum absolute atomic E-state index is 0.381. The first-order chi connectivity index (χ1) is 5.81. The summed E-state index contributed by atoms with van der Waals surface area (Å²) in [4.78, 5) is 15.4. The van der Waals surface area contributed by atoms with Crippen LogP contribution in [0.25, 0.3) is 0 Å². The van der Waals surface area contributed by atoms with Gasteiger partial charge >= 0.3 is 0 Å². The molecule has 0 aromatic heterocycles. The van der Waals surface area contributed by atoms with E-state index in [1.807, 2.05) is 6.92 Å². The van der Waals surface area contributed by atoms with E-state index in [1.54, 1.807) is 0 Å². The summed E-state index contributed by atoms with van der Waals surface area (Å²) in [7, 11) is 0. The van der Waals surface area contributed by atoms with Gasteiger partial charge in [-0.2, -0.15) is 0 Å². The fourth-order valence-electron chi connectivity index (χ4n) is 1.09. The Morgan fingerprint density at radius 2 is 2.00 bits per heavy atom. The molecule has 0 bridgehead atoms. The molecule has 0 amide bonds. The molecule has 72 valence electrons. The highest BCUT2D eigenvalue weighted by Crippen LogP contribution is 2.03. The predicted molar refractivity (Wildman–Crippen MR) is 48.5 cm³/mol. The average Bonchev–Trinajstić information content (AvgIpc) is 2.05. The Kier molecular flexibility index (Phi) is 8.39. The van der Waals surface area contributed by atoms with Crippen LogP contribution in [0.15, 0.2) is 0 Å². The number of unbranched alkanes of at least 4 members (excludes halogenated alkanes) is 2. The fraction of sp³-hybridized carbons (Fsp3) is 0.889. The second-order valence-corrected chi connectivity index (χ2v) is 2.97. The zero-order valence-corrected chi connectivity index (χ0v) is 7.84. The van der Waals surface area contributed by atoms with Gasteiger partial charge in [-0.15, -0.1) is 0 Å². The summed E-state index contributed by atoms with van der Waals surface area (Å²) in [6.07, 6.45) is 5.38. The second kappa shape index (κ2) is 8.68. The average molecular weight is 173 g/mol. The van der Waals surface area contributed by atoms with Gasteiger partial charge in [0.05, 0.1) is 6.61 Å². The van der Waals surface area contributed by atoms with Crippen LogP contribution in [0.2, 0.25) is 0 Å². The van der Waals surface area contributed by atoms with Gasteiger partial charge in [0.1, 0.15) is 5.78 Å². The molecule has 3 nitrogen and oxygen atoms in total. The normalized spacial score (nSPS) is 10.2. The van der Waals surface area contributed by atoms with Crippen molar-refractivity contribution in [3.63, 3.8) is 0 Å². The molecule has 0 aliphatic carbocycles. The van der Waals surface area contributed by atoms with Crippen LogP contribution in [-0.4, -0.2) is 12.4 Å². The molecular formula is C9H19NO2. The Balaban J connectivity index is 3.03. The number of carbonyl (C=O) groups is 1. The van der Waals surface area contributed by atoms with Gasteiger partial charge in [0, 0.05) is 12.8 Å². The minimum Gasteiger partial charge on any atom is -0.305 e. The van der Waals surface area contributed by atoms with Crippen molar-refractivity contribution in [1.82, 2.24) is 0 Å². The van der Waals surface area contributed by atoms with E-state index < -0.39 is 0 Å². The molecule has 0 unspecified atom stereocenters. The van der Waals surface area contributed by atoms with E-state index in [0.717, 1.165) is 38.5 Å². The maximum Gasteiger partial charge on any atom is 0.132 e. The van der Waals surface area contributed by atoms with Gasteiger partial charge < -0.3 is 4.84 Å². The number of Topliss-reactive ketones (excluding diaryl/α,β-unsaturated/α-hetero) is 1. The molecule has 0 fully saturated rings. The van der Waals surface area contributed by atoms with Crippen molar-refractivity contribution < 1.29 is 9.63 Å². The highest BCUT2D eigenvalue weighted by molar-refractivity contribution is 5.78. The molecule has 0 radical (unpaired) electrons. The van der Waals surface area contributed by atoms with Crippen molar-refractivity contribution in [3.8, 4) is 0 Å². The largest absolute Gasteiger partial charge is 0.305 e. The van der Waals surface area contributed by atoms with Crippen LogP contribution < -0.4 is 5.90 Å². The van der Waals surface area contributed by atoms with Crippen molar-refractivity contribution in [2.45, 2.75) is 45.4 Å². The topological polar surface area (TPSA) is 52.3 Å².